The highest BCUT2D eigenvalue weighted by atomic mass is 19.4. The average Bonchev–Trinajstić information content (AvgIpc) is 2.83. The van der Waals surface area contributed by atoms with E-state index in [-0.39, 0.29) is 17.0 Å². The maximum atomic E-state index is 12.4. The van der Waals surface area contributed by atoms with Gasteiger partial charge >= 0.3 is 12.1 Å². The van der Waals surface area contributed by atoms with Crippen molar-refractivity contribution in [2.75, 3.05) is 11.9 Å². The molecule has 0 aliphatic rings. The van der Waals surface area contributed by atoms with E-state index < -0.39 is 30.2 Å². The van der Waals surface area contributed by atoms with E-state index in [1.807, 2.05) is 0 Å². The van der Waals surface area contributed by atoms with Crippen molar-refractivity contribution in [2.45, 2.75) is 20.0 Å². The first kappa shape index (κ1) is 17.5. The summed E-state index contributed by atoms with van der Waals surface area (Å²) in [5.41, 5.74) is -0.204. The van der Waals surface area contributed by atoms with Crippen molar-refractivity contribution in [1.29, 1.82) is 0 Å². The number of rotatable bonds is 4. The number of aryl methyl sites for hydroxylation is 2. The standard InChI is InChI=1S/C15H13F3N2O4/c1-8-13(9(2)24-20-8)14(22)23-7-12(21)19-11-5-3-10(4-6-11)15(16,17)18/h3-6H,7H2,1-2H3,(H,19,21). The molecule has 0 saturated heterocycles. The van der Waals surface area contributed by atoms with Crippen molar-refractivity contribution in [3.8, 4) is 0 Å². The van der Waals surface area contributed by atoms with Crippen molar-refractivity contribution in [2.24, 2.45) is 0 Å². The van der Waals surface area contributed by atoms with Crippen LogP contribution >= 0.6 is 0 Å². The second-order valence-electron chi connectivity index (χ2n) is 4.90. The Labute approximate surface area is 134 Å². The second-order valence-corrected chi connectivity index (χ2v) is 4.90. The van der Waals surface area contributed by atoms with Gasteiger partial charge < -0.3 is 14.6 Å². The molecule has 24 heavy (non-hydrogen) atoms. The minimum absolute atomic E-state index is 0.136. The molecule has 0 aliphatic heterocycles. The number of halogens is 3. The molecule has 2 rings (SSSR count). The lowest BCUT2D eigenvalue weighted by atomic mass is 10.2. The van der Waals surface area contributed by atoms with Gasteiger partial charge in [-0.15, -0.1) is 0 Å². The second kappa shape index (κ2) is 6.73. The van der Waals surface area contributed by atoms with Crippen molar-refractivity contribution >= 4 is 17.6 Å². The van der Waals surface area contributed by atoms with Gasteiger partial charge in [0.2, 0.25) is 0 Å². The number of amides is 1. The first-order chi connectivity index (χ1) is 11.2. The Bertz CT molecular complexity index is 732. The molecular weight excluding hydrogens is 329 g/mol. The van der Waals surface area contributed by atoms with Crippen molar-refractivity contribution in [1.82, 2.24) is 5.16 Å². The normalized spacial score (nSPS) is 11.2. The first-order valence-corrected chi connectivity index (χ1v) is 6.75. The van der Waals surface area contributed by atoms with Gasteiger partial charge in [0.15, 0.2) is 6.61 Å². The van der Waals surface area contributed by atoms with E-state index in [1.165, 1.54) is 6.92 Å². The Balaban J connectivity index is 1.91. The van der Waals surface area contributed by atoms with Gasteiger partial charge in [-0.1, -0.05) is 5.16 Å². The number of esters is 1. The summed E-state index contributed by atoms with van der Waals surface area (Å²) in [7, 11) is 0. The number of benzene rings is 1. The zero-order chi connectivity index (χ0) is 17.9. The molecular formula is C15H13F3N2O4. The molecule has 6 nitrogen and oxygen atoms in total. The molecule has 0 unspecified atom stereocenters. The Morgan fingerprint density at radius 3 is 2.33 bits per heavy atom. The Hall–Kier alpha value is -2.84. The number of nitrogens with zero attached hydrogens (tertiary/aromatic N) is 1. The molecule has 1 aromatic carbocycles. The molecule has 0 fully saturated rings. The predicted octanol–water partition coefficient (Wildman–Crippen LogP) is 3.11. The van der Waals surface area contributed by atoms with Crippen LogP contribution in [0.3, 0.4) is 0 Å². The molecule has 128 valence electrons. The number of carbonyl (C=O) groups excluding carboxylic acids is 2. The fraction of sp³-hybridized carbons (Fsp3) is 0.267. The zero-order valence-corrected chi connectivity index (χ0v) is 12.7. The van der Waals surface area contributed by atoms with E-state index in [2.05, 4.69) is 10.5 Å². The molecule has 0 atom stereocenters. The highest BCUT2D eigenvalue weighted by Gasteiger charge is 2.30. The van der Waals surface area contributed by atoms with E-state index in [4.69, 9.17) is 9.26 Å². The van der Waals surface area contributed by atoms with E-state index >= 15 is 0 Å². The molecule has 9 heteroatoms. The topological polar surface area (TPSA) is 81.4 Å². The van der Waals surface area contributed by atoms with Gasteiger partial charge in [-0.2, -0.15) is 13.2 Å². The Kier molecular flexibility index (Phi) is 4.91. The van der Waals surface area contributed by atoms with Gasteiger partial charge in [0.1, 0.15) is 11.3 Å². The third-order valence-electron chi connectivity index (χ3n) is 3.07. The number of anilines is 1. The van der Waals surface area contributed by atoms with Crippen LogP contribution in [0.1, 0.15) is 27.4 Å². The van der Waals surface area contributed by atoms with Crippen LogP contribution in [0.2, 0.25) is 0 Å². The van der Waals surface area contributed by atoms with E-state index in [9.17, 15) is 22.8 Å². The molecule has 0 radical (unpaired) electrons. The van der Waals surface area contributed by atoms with Gasteiger partial charge in [0, 0.05) is 5.69 Å². The lowest BCUT2D eigenvalue weighted by Crippen LogP contribution is -2.21. The lowest BCUT2D eigenvalue weighted by molar-refractivity contribution is -0.137. The SMILES string of the molecule is Cc1noc(C)c1C(=O)OCC(=O)Nc1ccc(C(F)(F)F)cc1. The molecule has 1 N–H and O–H groups in total. The molecule has 1 heterocycles. The first-order valence-electron chi connectivity index (χ1n) is 6.75. The van der Waals surface area contributed by atoms with Crippen LogP contribution in [0, 0.1) is 13.8 Å². The van der Waals surface area contributed by atoms with Crippen molar-refractivity contribution < 1.29 is 32.0 Å². The maximum absolute atomic E-state index is 12.4. The monoisotopic (exact) mass is 342 g/mol. The van der Waals surface area contributed by atoms with E-state index in [1.54, 1.807) is 6.92 Å². The van der Waals surface area contributed by atoms with Crippen LogP contribution in [0.15, 0.2) is 28.8 Å². The molecule has 0 saturated carbocycles. The summed E-state index contributed by atoms with van der Waals surface area (Å²) in [5, 5.41) is 5.92. The Morgan fingerprint density at radius 2 is 1.83 bits per heavy atom. The van der Waals surface area contributed by atoms with Crippen LogP contribution in [0.25, 0.3) is 0 Å². The summed E-state index contributed by atoms with van der Waals surface area (Å²) in [5.74, 6) is -1.19. The number of carbonyl (C=O) groups is 2. The Morgan fingerprint density at radius 1 is 1.21 bits per heavy atom. The van der Waals surface area contributed by atoms with Crippen LogP contribution < -0.4 is 5.32 Å². The molecule has 1 amide bonds. The molecule has 0 bridgehead atoms. The highest BCUT2D eigenvalue weighted by molar-refractivity contribution is 5.96. The summed E-state index contributed by atoms with van der Waals surface area (Å²) < 4.78 is 46.9. The highest BCUT2D eigenvalue weighted by Crippen LogP contribution is 2.29. The van der Waals surface area contributed by atoms with Crippen LogP contribution in [-0.2, 0) is 15.7 Å². The third-order valence-corrected chi connectivity index (χ3v) is 3.07. The minimum atomic E-state index is -4.45. The van der Waals surface area contributed by atoms with Crippen LogP contribution in [0.4, 0.5) is 18.9 Å². The fourth-order valence-corrected chi connectivity index (χ4v) is 1.92. The average molecular weight is 342 g/mol. The smallest absolute Gasteiger partial charge is 0.416 e. The number of alkyl halides is 3. The van der Waals surface area contributed by atoms with Gasteiger partial charge in [0.25, 0.3) is 5.91 Å². The summed E-state index contributed by atoms with van der Waals surface area (Å²) in [4.78, 5) is 23.5. The van der Waals surface area contributed by atoms with Crippen molar-refractivity contribution in [3.63, 3.8) is 0 Å². The number of hydrogen-bond donors (Lipinski definition) is 1. The molecule has 2 aromatic rings. The minimum Gasteiger partial charge on any atom is -0.452 e. The van der Waals surface area contributed by atoms with Gasteiger partial charge in [-0.05, 0) is 38.1 Å². The lowest BCUT2D eigenvalue weighted by Gasteiger charge is -2.09. The maximum Gasteiger partial charge on any atom is 0.416 e. The quantitative estimate of drug-likeness (QED) is 0.864. The van der Waals surface area contributed by atoms with E-state index in [0.717, 1.165) is 24.3 Å². The van der Waals surface area contributed by atoms with Crippen LogP contribution in [-0.4, -0.2) is 23.6 Å². The van der Waals surface area contributed by atoms with Gasteiger partial charge in [0.05, 0.1) is 11.3 Å². The predicted molar refractivity (Wildman–Crippen MR) is 76.3 cm³/mol. The summed E-state index contributed by atoms with van der Waals surface area (Å²) in [6, 6.07) is 3.89. The molecule has 0 aliphatic carbocycles. The third kappa shape index (κ3) is 4.12. The van der Waals surface area contributed by atoms with Gasteiger partial charge in [-0.25, -0.2) is 4.79 Å². The summed E-state index contributed by atoms with van der Waals surface area (Å²) in [6.07, 6.45) is -4.45. The summed E-state index contributed by atoms with van der Waals surface area (Å²) >= 11 is 0. The molecule has 1 aromatic heterocycles. The number of aromatic nitrogens is 1. The van der Waals surface area contributed by atoms with Crippen LogP contribution in [0.5, 0.6) is 0 Å². The van der Waals surface area contributed by atoms with Gasteiger partial charge in [-0.3, -0.25) is 4.79 Å². The van der Waals surface area contributed by atoms with E-state index in [0.29, 0.717) is 5.69 Å². The summed E-state index contributed by atoms with van der Waals surface area (Å²) in [6.45, 7) is 2.48. The molecule has 0 spiro atoms. The number of ether oxygens (including phenoxy) is 1. The van der Waals surface area contributed by atoms with Crippen molar-refractivity contribution in [3.05, 3.63) is 46.8 Å². The fourth-order valence-electron chi connectivity index (χ4n) is 1.92. The number of nitrogens with one attached hydrogen (secondary N) is 1. The largest absolute Gasteiger partial charge is 0.452 e. The number of hydrogen-bond acceptors (Lipinski definition) is 5. The zero-order valence-electron chi connectivity index (χ0n) is 12.7.